The normalized spacial score (nSPS) is 12.3. The van der Waals surface area contributed by atoms with Crippen LogP contribution in [0.5, 0.6) is 0 Å². The monoisotopic (exact) mass is 300 g/mol. The molecule has 1 aromatic carbocycles. The van der Waals surface area contributed by atoms with E-state index in [1.54, 1.807) is 0 Å². The highest BCUT2D eigenvalue weighted by Crippen LogP contribution is 2.17. The van der Waals surface area contributed by atoms with Crippen molar-refractivity contribution in [3.8, 4) is 0 Å². The minimum absolute atomic E-state index is 0.0663. The standard InChI is InChI=1S/C12H10F2N2O3S/c1-16-11(8(5-15-16)12(17)18)6-20(19)7-2-3-9(13)10(14)4-7/h2-5H,6H2,1H3,(H,17,18). The maximum atomic E-state index is 13.1. The van der Waals surface area contributed by atoms with Gasteiger partial charge in [-0.05, 0) is 18.2 Å². The summed E-state index contributed by atoms with van der Waals surface area (Å²) in [6, 6.07) is 2.91. The fraction of sp³-hybridized carbons (Fsp3) is 0.167. The summed E-state index contributed by atoms with van der Waals surface area (Å²) in [5.41, 5.74) is 0.184. The molecule has 1 aromatic heterocycles. The van der Waals surface area contributed by atoms with Crippen LogP contribution in [0, 0.1) is 11.6 Å². The number of benzene rings is 1. The molecule has 106 valence electrons. The first-order valence-electron chi connectivity index (χ1n) is 5.47. The molecular weight excluding hydrogens is 290 g/mol. The van der Waals surface area contributed by atoms with Crippen LogP contribution in [0.15, 0.2) is 29.3 Å². The number of rotatable bonds is 4. The lowest BCUT2D eigenvalue weighted by atomic mass is 10.3. The Morgan fingerprint density at radius 2 is 2.10 bits per heavy atom. The number of hydrogen-bond donors (Lipinski definition) is 1. The molecule has 0 aliphatic heterocycles. The molecule has 1 unspecified atom stereocenters. The summed E-state index contributed by atoms with van der Waals surface area (Å²) in [7, 11) is -0.181. The van der Waals surface area contributed by atoms with Gasteiger partial charge in [0.25, 0.3) is 0 Å². The minimum atomic E-state index is -1.70. The van der Waals surface area contributed by atoms with E-state index in [2.05, 4.69) is 5.10 Å². The maximum Gasteiger partial charge on any atom is 0.339 e. The van der Waals surface area contributed by atoms with E-state index in [-0.39, 0.29) is 21.9 Å². The van der Waals surface area contributed by atoms with E-state index >= 15 is 0 Å². The van der Waals surface area contributed by atoms with Crippen molar-refractivity contribution in [3.05, 3.63) is 47.3 Å². The third kappa shape index (κ3) is 2.74. The molecule has 0 aliphatic carbocycles. The largest absolute Gasteiger partial charge is 0.478 e. The van der Waals surface area contributed by atoms with Crippen LogP contribution in [0.25, 0.3) is 0 Å². The van der Waals surface area contributed by atoms with Gasteiger partial charge in [-0.2, -0.15) is 5.10 Å². The van der Waals surface area contributed by atoms with Crippen LogP contribution in [0.3, 0.4) is 0 Å². The van der Waals surface area contributed by atoms with Gasteiger partial charge < -0.3 is 5.11 Å². The summed E-state index contributed by atoms with van der Waals surface area (Å²) in [6.07, 6.45) is 1.15. The number of aromatic carboxylic acids is 1. The number of carboxylic acids is 1. The second-order valence-corrected chi connectivity index (χ2v) is 5.45. The third-order valence-corrected chi connectivity index (χ3v) is 4.03. The van der Waals surface area contributed by atoms with Crippen molar-refractivity contribution in [2.45, 2.75) is 10.6 Å². The van der Waals surface area contributed by atoms with E-state index in [0.717, 1.165) is 18.3 Å². The maximum absolute atomic E-state index is 13.1. The van der Waals surface area contributed by atoms with Crippen molar-refractivity contribution in [3.63, 3.8) is 0 Å². The molecule has 0 saturated carbocycles. The van der Waals surface area contributed by atoms with E-state index in [4.69, 9.17) is 5.11 Å². The fourth-order valence-electron chi connectivity index (χ4n) is 1.64. The molecule has 1 heterocycles. The van der Waals surface area contributed by atoms with E-state index in [9.17, 15) is 17.8 Å². The Hall–Kier alpha value is -2.09. The number of hydrogen-bond acceptors (Lipinski definition) is 3. The molecule has 0 amide bonds. The predicted octanol–water partition coefficient (Wildman–Crippen LogP) is 1.70. The number of carboxylic acid groups (broad SMARTS) is 1. The van der Waals surface area contributed by atoms with E-state index in [0.29, 0.717) is 0 Å². The van der Waals surface area contributed by atoms with Gasteiger partial charge in [0, 0.05) is 11.9 Å². The number of halogens is 2. The van der Waals surface area contributed by atoms with Gasteiger partial charge in [-0.1, -0.05) is 0 Å². The van der Waals surface area contributed by atoms with Crippen LogP contribution in [0.1, 0.15) is 16.1 Å². The molecule has 0 saturated heterocycles. The van der Waals surface area contributed by atoms with Gasteiger partial charge in [-0.3, -0.25) is 8.89 Å². The number of nitrogens with zero attached hydrogens (tertiary/aromatic N) is 2. The highest BCUT2D eigenvalue weighted by Gasteiger charge is 2.18. The SMILES string of the molecule is Cn1ncc(C(=O)O)c1CS(=O)c1ccc(F)c(F)c1. The summed E-state index contributed by atoms with van der Waals surface area (Å²) in [5.74, 6) is -3.46. The van der Waals surface area contributed by atoms with Crippen molar-refractivity contribution in [1.29, 1.82) is 0 Å². The highest BCUT2D eigenvalue weighted by molar-refractivity contribution is 7.84. The van der Waals surface area contributed by atoms with Crippen LogP contribution in [-0.2, 0) is 23.6 Å². The zero-order chi connectivity index (χ0) is 14.9. The lowest BCUT2D eigenvalue weighted by Crippen LogP contribution is -2.08. The Bertz CT molecular complexity index is 700. The van der Waals surface area contributed by atoms with Crippen molar-refractivity contribution >= 4 is 16.8 Å². The first-order valence-corrected chi connectivity index (χ1v) is 6.79. The molecule has 0 bridgehead atoms. The molecule has 1 N–H and O–H groups in total. The number of aromatic nitrogens is 2. The molecule has 5 nitrogen and oxygen atoms in total. The topological polar surface area (TPSA) is 72.2 Å². The molecule has 0 spiro atoms. The molecule has 2 aromatic rings. The highest BCUT2D eigenvalue weighted by atomic mass is 32.2. The number of carbonyl (C=O) groups is 1. The van der Waals surface area contributed by atoms with Crippen LogP contribution >= 0.6 is 0 Å². The first-order chi connectivity index (χ1) is 9.40. The second-order valence-electron chi connectivity index (χ2n) is 4.00. The van der Waals surface area contributed by atoms with Gasteiger partial charge in [0.1, 0.15) is 5.56 Å². The van der Waals surface area contributed by atoms with Crippen molar-refractivity contribution in [1.82, 2.24) is 9.78 Å². The van der Waals surface area contributed by atoms with Gasteiger partial charge in [0.05, 0.1) is 28.4 Å². The summed E-state index contributed by atoms with van der Waals surface area (Å²) in [5, 5.41) is 12.8. The summed E-state index contributed by atoms with van der Waals surface area (Å²) in [4.78, 5) is 11.1. The molecule has 0 fully saturated rings. The minimum Gasteiger partial charge on any atom is -0.478 e. The molecule has 20 heavy (non-hydrogen) atoms. The zero-order valence-electron chi connectivity index (χ0n) is 10.3. The Kier molecular flexibility index (Phi) is 3.93. The van der Waals surface area contributed by atoms with Crippen LogP contribution < -0.4 is 0 Å². The molecule has 0 aliphatic rings. The quantitative estimate of drug-likeness (QED) is 0.933. The Labute approximate surface area is 115 Å². The van der Waals surface area contributed by atoms with Gasteiger partial charge >= 0.3 is 5.97 Å². The molecule has 0 radical (unpaired) electrons. The number of aryl methyl sites for hydroxylation is 1. The van der Waals surface area contributed by atoms with Crippen LogP contribution in [-0.4, -0.2) is 25.1 Å². The predicted molar refractivity (Wildman–Crippen MR) is 66.6 cm³/mol. The van der Waals surface area contributed by atoms with Crippen LogP contribution in [0.2, 0.25) is 0 Å². The third-order valence-electron chi connectivity index (χ3n) is 2.71. The Morgan fingerprint density at radius 1 is 1.40 bits per heavy atom. The summed E-state index contributed by atoms with van der Waals surface area (Å²) < 4.78 is 39.3. The first kappa shape index (κ1) is 14.3. The van der Waals surface area contributed by atoms with Gasteiger partial charge in [0.2, 0.25) is 0 Å². The molecular formula is C12H10F2N2O3S. The van der Waals surface area contributed by atoms with Crippen molar-refractivity contribution in [2.75, 3.05) is 0 Å². The Balaban J connectivity index is 2.30. The molecule has 2 rings (SSSR count). The average molecular weight is 300 g/mol. The van der Waals surface area contributed by atoms with Gasteiger partial charge in [-0.15, -0.1) is 0 Å². The van der Waals surface area contributed by atoms with E-state index < -0.39 is 28.4 Å². The second kappa shape index (κ2) is 5.49. The van der Waals surface area contributed by atoms with E-state index in [1.807, 2.05) is 0 Å². The van der Waals surface area contributed by atoms with E-state index in [1.165, 1.54) is 17.8 Å². The van der Waals surface area contributed by atoms with Gasteiger partial charge in [-0.25, -0.2) is 13.6 Å². The Morgan fingerprint density at radius 3 is 2.70 bits per heavy atom. The van der Waals surface area contributed by atoms with Crippen molar-refractivity contribution in [2.24, 2.45) is 7.05 Å². The smallest absolute Gasteiger partial charge is 0.339 e. The average Bonchev–Trinajstić information content (AvgIpc) is 2.74. The fourth-order valence-corrected chi connectivity index (χ4v) is 2.85. The lowest BCUT2D eigenvalue weighted by molar-refractivity contribution is 0.0696. The lowest BCUT2D eigenvalue weighted by Gasteiger charge is -2.05. The van der Waals surface area contributed by atoms with Crippen LogP contribution in [0.4, 0.5) is 8.78 Å². The summed E-state index contributed by atoms with van der Waals surface area (Å²) in [6.45, 7) is 0. The molecule has 8 heteroatoms. The van der Waals surface area contributed by atoms with Crippen molar-refractivity contribution < 1.29 is 22.9 Å². The van der Waals surface area contributed by atoms with Gasteiger partial charge in [0.15, 0.2) is 11.6 Å². The molecule has 1 atom stereocenters. The summed E-state index contributed by atoms with van der Waals surface area (Å²) >= 11 is 0. The zero-order valence-corrected chi connectivity index (χ0v) is 11.2.